The third-order valence-electron chi connectivity index (χ3n) is 2.32. The first-order valence-electron chi connectivity index (χ1n) is 4.72. The first kappa shape index (κ1) is 8.88. The van der Waals surface area contributed by atoms with Crippen LogP contribution in [0.4, 0.5) is 0 Å². The van der Waals surface area contributed by atoms with E-state index >= 15 is 0 Å². The van der Waals surface area contributed by atoms with Gasteiger partial charge in [-0.2, -0.15) is 0 Å². The summed E-state index contributed by atoms with van der Waals surface area (Å²) in [5.41, 5.74) is 2.43. The minimum absolute atomic E-state index is 0.305. The molecular formula is C12H12BN. The lowest BCUT2D eigenvalue weighted by Crippen LogP contribution is -2.41. The average Bonchev–Trinajstić information content (AvgIpc) is 2.30. The van der Waals surface area contributed by atoms with Gasteiger partial charge in [-0.15, -0.1) is 0 Å². The quantitative estimate of drug-likeness (QED) is 0.685. The molecule has 1 aromatic carbocycles. The highest BCUT2D eigenvalue weighted by atomic mass is 14.7. The molecule has 1 N–H and O–H groups in total. The molecule has 0 atom stereocenters. The second-order valence-electron chi connectivity index (χ2n) is 3.26. The maximum atomic E-state index is 3.73. The topological polar surface area (TPSA) is 12.0 Å². The van der Waals surface area contributed by atoms with E-state index in [-0.39, 0.29) is 0 Å². The largest absolute Gasteiger partial charge is 0.427 e. The Balaban J connectivity index is 2.20. The summed E-state index contributed by atoms with van der Waals surface area (Å²) in [6.07, 6.45) is 7.87. The average molecular weight is 181 g/mol. The summed E-state index contributed by atoms with van der Waals surface area (Å²) in [5, 5.41) is 3.28. The molecule has 0 aliphatic carbocycles. The van der Waals surface area contributed by atoms with Crippen molar-refractivity contribution in [2.24, 2.45) is 0 Å². The molecule has 1 nitrogen and oxygen atoms in total. The first-order valence-corrected chi connectivity index (χ1v) is 4.72. The predicted molar refractivity (Wildman–Crippen MR) is 63.3 cm³/mol. The molecule has 14 heavy (non-hydrogen) atoms. The zero-order valence-corrected chi connectivity index (χ0v) is 7.98. The van der Waals surface area contributed by atoms with Crippen LogP contribution < -0.4 is 10.7 Å². The smallest absolute Gasteiger partial charge is 0.312 e. The Bertz CT molecular complexity index is 376. The van der Waals surface area contributed by atoms with Crippen LogP contribution in [0.1, 0.15) is 5.56 Å². The normalized spacial score (nSPS) is 13.9. The van der Waals surface area contributed by atoms with E-state index in [1.807, 2.05) is 18.4 Å². The summed E-state index contributed by atoms with van der Waals surface area (Å²) in [5.74, 6) is 2.14. The molecule has 2 rings (SSSR count). The minimum Gasteiger partial charge on any atom is -0.427 e. The standard InChI is InChI=1S/C12H12BN/c1-2-11-5-7-12(8-6-11)13-9-3-4-10-14-13/h2-10,14H,1H2. The van der Waals surface area contributed by atoms with Gasteiger partial charge in [-0.05, 0) is 17.8 Å². The van der Waals surface area contributed by atoms with Crippen molar-refractivity contribution in [1.82, 2.24) is 5.23 Å². The van der Waals surface area contributed by atoms with E-state index in [1.165, 1.54) is 5.46 Å². The molecule has 0 spiro atoms. The van der Waals surface area contributed by atoms with Crippen LogP contribution in [-0.4, -0.2) is 6.85 Å². The highest BCUT2D eigenvalue weighted by Gasteiger charge is 2.12. The monoisotopic (exact) mass is 181 g/mol. The van der Waals surface area contributed by atoms with Gasteiger partial charge in [-0.25, -0.2) is 0 Å². The molecule has 1 aliphatic heterocycles. The van der Waals surface area contributed by atoms with E-state index in [9.17, 15) is 0 Å². The fourth-order valence-corrected chi connectivity index (χ4v) is 1.49. The summed E-state index contributed by atoms with van der Waals surface area (Å²) in [6.45, 7) is 4.04. The molecule has 0 radical (unpaired) electrons. The molecular weight excluding hydrogens is 169 g/mol. The van der Waals surface area contributed by atoms with E-state index in [4.69, 9.17) is 0 Å². The Kier molecular flexibility index (Phi) is 2.54. The molecule has 2 heteroatoms. The Morgan fingerprint density at radius 3 is 2.50 bits per heavy atom. The van der Waals surface area contributed by atoms with Crippen molar-refractivity contribution < 1.29 is 0 Å². The van der Waals surface area contributed by atoms with Gasteiger partial charge in [-0.3, -0.25) is 0 Å². The maximum absolute atomic E-state index is 3.73. The van der Waals surface area contributed by atoms with Crippen LogP contribution in [0.15, 0.2) is 55.2 Å². The summed E-state index contributed by atoms with van der Waals surface area (Å²) in [7, 11) is 0. The molecule has 0 saturated carbocycles. The van der Waals surface area contributed by atoms with Crippen molar-refractivity contribution in [2.45, 2.75) is 0 Å². The number of hydrogen-bond donors (Lipinski definition) is 1. The first-order chi connectivity index (χ1) is 6.90. The van der Waals surface area contributed by atoms with Crippen LogP contribution in [-0.2, 0) is 0 Å². The van der Waals surface area contributed by atoms with Gasteiger partial charge < -0.3 is 5.23 Å². The number of nitrogens with one attached hydrogen (secondary N) is 1. The van der Waals surface area contributed by atoms with Crippen molar-refractivity contribution in [3.05, 3.63) is 60.7 Å². The van der Waals surface area contributed by atoms with E-state index in [1.54, 1.807) is 0 Å². The molecule has 0 amide bonds. The maximum Gasteiger partial charge on any atom is 0.312 e. The third kappa shape index (κ3) is 1.79. The van der Waals surface area contributed by atoms with E-state index in [2.05, 4.69) is 48.1 Å². The van der Waals surface area contributed by atoms with Gasteiger partial charge >= 0.3 is 6.85 Å². The molecule has 1 heterocycles. The molecule has 1 aromatic rings. The Morgan fingerprint density at radius 1 is 1.14 bits per heavy atom. The SMILES string of the molecule is C=Cc1ccc(B2C=CC=CN2)cc1. The lowest BCUT2D eigenvalue weighted by molar-refractivity contribution is 1.32. The highest BCUT2D eigenvalue weighted by Crippen LogP contribution is 2.00. The van der Waals surface area contributed by atoms with Crippen LogP contribution in [0.5, 0.6) is 0 Å². The zero-order valence-electron chi connectivity index (χ0n) is 7.98. The fourth-order valence-electron chi connectivity index (χ4n) is 1.49. The summed E-state index contributed by atoms with van der Waals surface area (Å²) >= 11 is 0. The van der Waals surface area contributed by atoms with Gasteiger partial charge in [0, 0.05) is 0 Å². The fraction of sp³-hybridized carbons (Fsp3) is 0. The van der Waals surface area contributed by atoms with Gasteiger partial charge in [0.25, 0.3) is 0 Å². The Labute approximate surface area is 84.9 Å². The minimum atomic E-state index is 0.305. The molecule has 0 saturated heterocycles. The lowest BCUT2D eigenvalue weighted by Gasteiger charge is -2.11. The molecule has 68 valence electrons. The van der Waals surface area contributed by atoms with Crippen molar-refractivity contribution in [2.75, 3.05) is 0 Å². The van der Waals surface area contributed by atoms with Crippen molar-refractivity contribution in [3.63, 3.8) is 0 Å². The molecule has 1 aliphatic rings. The van der Waals surface area contributed by atoms with Crippen molar-refractivity contribution >= 4 is 18.4 Å². The second-order valence-corrected chi connectivity index (χ2v) is 3.26. The molecule has 0 bridgehead atoms. The molecule has 0 fully saturated rings. The number of hydrogen-bond acceptors (Lipinski definition) is 1. The van der Waals surface area contributed by atoms with Crippen LogP contribution in [0, 0.1) is 0 Å². The van der Waals surface area contributed by atoms with Crippen molar-refractivity contribution in [3.8, 4) is 0 Å². The van der Waals surface area contributed by atoms with Gasteiger partial charge in [0.05, 0.1) is 0 Å². The number of benzene rings is 1. The van der Waals surface area contributed by atoms with E-state index < -0.39 is 0 Å². The van der Waals surface area contributed by atoms with Gasteiger partial charge in [0.1, 0.15) is 0 Å². The van der Waals surface area contributed by atoms with Crippen LogP contribution in [0.2, 0.25) is 0 Å². The zero-order chi connectivity index (χ0) is 9.80. The van der Waals surface area contributed by atoms with Gasteiger partial charge in [0.15, 0.2) is 0 Å². The van der Waals surface area contributed by atoms with Crippen LogP contribution in [0.25, 0.3) is 6.08 Å². The summed E-state index contributed by atoms with van der Waals surface area (Å²) in [6, 6.07) is 8.41. The van der Waals surface area contributed by atoms with Crippen LogP contribution in [0.3, 0.4) is 0 Å². The Hall–Kier alpha value is -1.70. The summed E-state index contributed by atoms with van der Waals surface area (Å²) < 4.78 is 0. The van der Waals surface area contributed by atoms with Crippen LogP contribution >= 0.6 is 0 Å². The molecule has 0 aromatic heterocycles. The predicted octanol–water partition coefficient (Wildman–Crippen LogP) is 1.74. The number of allylic oxidation sites excluding steroid dienone is 2. The van der Waals surface area contributed by atoms with Gasteiger partial charge in [-0.1, -0.05) is 54.4 Å². The van der Waals surface area contributed by atoms with Gasteiger partial charge in [0.2, 0.25) is 0 Å². The molecule has 0 unspecified atom stereocenters. The Morgan fingerprint density at radius 2 is 1.93 bits per heavy atom. The highest BCUT2D eigenvalue weighted by molar-refractivity contribution is 6.76. The van der Waals surface area contributed by atoms with E-state index in [0.717, 1.165) is 5.56 Å². The third-order valence-corrected chi connectivity index (χ3v) is 2.32. The second kappa shape index (κ2) is 4.01. The summed E-state index contributed by atoms with van der Waals surface area (Å²) in [4.78, 5) is 0. The van der Waals surface area contributed by atoms with Crippen molar-refractivity contribution in [1.29, 1.82) is 0 Å². The number of rotatable bonds is 2. The van der Waals surface area contributed by atoms with E-state index in [0.29, 0.717) is 6.85 Å². The lowest BCUT2D eigenvalue weighted by atomic mass is 9.55.